The minimum Gasteiger partial charge on any atom is -0.434 e. The molecule has 3 heterocycles. The standard InChI is InChI=1S/C26H21F2N5O2/c1-13-23(28)16(11-34)9-21-24(13)35-26(31-21)22-8-15(7-20(30-22)14-3-4-14)18-6-5-17(27)10-19(18)25-32-29-12-33(25)2/h5-10,12,14,34H,3-4,11H2,1-2H3. The lowest BCUT2D eigenvalue weighted by Crippen LogP contribution is -1.97. The van der Waals surface area contributed by atoms with Crippen molar-refractivity contribution in [1.29, 1.82) is 0 Å². The molecule has 176 valence electrons. The summed E-state index contributed by atoms with van der Waals surface area (Å²) in [5, 5.41) is 17.6. The third-order valence-corrected chi connectivity index (χ3v) is 6.39. The van der Waals surface area contributed by atoms with E-state index in [0.717, 1.165) is 29.7 Å². The molecular weight excluding hydrogens is 452 g/mol. The van der Waals surface area contributed by atoms with E-state index in [0.29, 0.717) is 34.1 Å². The number of fused-ring (bicyclic) bond motifs is 1. The molecule has 9 heteroatoms. The second-order valence-electron chi connectivity index (χ2n) is 8.90. The Morgan fingerprint density at radius 2 is 1.91 bits per heavy atom. The zero-order chi connectivity index (χ0) is 24.3. The number of halogens is 2. The van der Waals surface area contributed by atoms with Gasteiger partial charge in [0.25, 0.3) is 0 Å². The molecule has 35 heavy (non-hydrogen) atoms. The van der Waals surface area contributed by atoms with Crippen LogP contribution >= 0.6 is 0 Å². The Balaban J connectivity index is 1.55. The molecule has 0 bridgehead atoms. The third-order valence-electron chi connectivity index (χ3n) is 6.39. The van der Waals surface area contributed by atoms with Crippen LogP contribution < -0.4 is 0 Å². The Hall–Kier alpha value is -3.98. The van der Waals surface area contributed by atoms with Gasteiger partial charge in [0, 0.05) is 35.3 Å². The SMILES string of the molecule is Cc1c(F)c(CO)cc2nc(-c3cc(-c4ccc(F)cc4-c4nncn4C)cc(C4CC4)n3)oc12. The Labute approximate surface area is 199 Å². The van der Waals surface area contributed by atoms with Crippen LogP contribution in [0.5, 0.6) is 0 Å². The maximum atomic E-state index is 14.5. The highest BCUT2D eigenvalue weighted by Crippen LogP contribution is 2.42. The number of hydrogen-bond donors (Lipinski definition) is 1. The molecule has 6 rings (SSSR count). The lowest BCUT2D eigenvalue weighted by atomic mass is 9.97. The molecule has 1 aliphatic carbocycles. The van der Waals surface area contributed by atoms with Gasteiger partial charge in [-0.15, -0.1) is 10.2 Å². The van der Waals surface area contributed by atoms with Crippen molar-refractivity contribution in [2.75, 3.05) is 0 Å². The number of rotatable bonds is 5. The third kappa shape index (κ3) is 3.68. The first-order valence-electron chi connectivity index (χ1n) is 11.3. The summed E-state index contributed by atoms with van der Waals surface area (Å²) in [5.41, 5.74) is 4.80. The Morgan fingerprint density at radius 1 is 1.09 bits per heavy atom. The number of hydrogen-bond acceptors (Lipinski definition) is 6. The van der Waals surface area contributed by atoms with Gasteiger partial charge >= 0.3 is 0 Å². The van der Waals surface area contributed by atoms with Crippen molar-refractivity contribution < 1.29 is 18.3 Å². The summed E-state index contributed by atoms with van der Waals surface area (Å²) in [4.78, 5) is 9.36. The van der Waals surface area contributed by atoms with Gasteiger partial charge in [-0.1, -0.05) is 6.07 Å². The minimum absolute atomic E-state index is 0.162. The zero-order valence-electron chi connectivity index (χ0n) is 19.1. The number of aromatic nitrogens is 5. The highest BCUT2D eigenvalue weighted by molar-refractivity contribution is 5.84. The van der Waals surface area contributed by atoms with Crippen molar-refractivity contribution in [2.45, 2.75) is 32.3 Å². The number of oxazole rings is 1. The van der Waals surface area contributed by atoms with E-state index < -0.39 is 12.4 Å². The van der Waals surface area contributed by atoms with E-state index in [4.69, 9.17) is 9.40 Å². The summed E-state index contributed by atoms with van der Waals surface area (Å²) in [6.45, 7) is 1.16. The normalized spacial score (nSPS) is 13.6. The number of aliphatic hydroxyl groups excluding tert-OH is 1. The molecular formula is C26H21F2N5O2. The van der Waals surface area contributed by atoms with Crippen LogP contribution in [0.25, 0.3) is 45.2 Å². The van der Waals surface area contributed by atoms with Crippen LogP contribution in [0.3, 0.4) is 0 Å². The Kier molecular flexibility index (Phi) is 4.96. The summed E-state index contributed by atoms with van der Waals surface area (Å²) in [6, 6.07) is 9.90. The van der Waals surface area contributed by atoms with Gasteiger partial charge in [0.2, 0.25) is 5.89 Å². The summed E-state index contributed by atoms with van der Waals surface area (Å²) in [6.07, 6.45) is 3.64. The van der Waals surface area contributed by atoms with Crippen molar-refractivity contribution in [2.24, 2.45) is 7.05 Å². The lowest BCUT2D eigenvalue weighted by molar-refractivity contribution is 0.275. The molecule has 1 fully saturated rings. The number of aryl methyl sites for hydroxylation is 2. The average molecular weight is 473 g/mol. The number of aliphatic hydroxyl groups is 1. The lowest BCUT2D eigenvalue weighted by Gasteiger charge is -2.12. The molecule has 0 amide bonds. The fraction of sp³-hybridized carbons (Fsp3) is 0.231. The van der Waals surface area contributed by atoms with E-state index >= 15 is 0 Å². The van der Waals surface area contributed by atoms with Crippen molar-refractivity contribution in [1.82, 2.24) is 24.7 Å². The van der Waals surface area contributed by atoms with E-state index in [1.54, 1.807) is 30.9 Å². The number of benzene rings is 2. The van der Waals surface area contributed by atoms with Gasteiger partial charge < -0.3 is 14.1 Å². The van der Waals surface area contributed by atoms with E-state index in [1.807, 2.05) is 12.1 Å². The summed E-state index contributed by atoms with van der Waals surface area (Å²) < 4.78 is 36.5. The molecule has 0 unspecified atom stereocenters. The summed E-state index contributed by atoms with van der Waals surface area (Å²) >= 11 is 0. The van der Waals surface area contributed by atoms with Gasteiger partial charge in [-0.25, -0.2) is 18.7 Å². The predicted molar refractivity (Wildman–Crippen MR) is 125 cm³/mol. The van der Waals surface area contributed by atoms with Gasteiger partial charge in [-0.05, 0) is 61.2 Å². The smallest absolute Gasteiger partial charge is 0.246 e. The molecule has 3 aromatic heterocycles. The first-order valence-corrected chi connectivity index (χ1v) is 11.3. The van der Waals surface area contributed by atoms with Crippen LogP contribution in [0, 0.1) is 18.6 Å². The van der Waals surface area contributed by atoms with Crippen molar-refractivity contribution in [3.8, 4) is 34.1 Å². The minimum atomic E-state index is -0.511. The van der Waals surface area contributed by atoms with Crippen LogP contribution in [0.4, 0.5) is 8.78 Å². The van der Waals surface area contributed by atoms with Gasteiger partial charge in [-0.2, -0.15) is 0 Å². The zero-order valence-corrected chi connectivity index (χ0v) is 19.1. The molecule has 1 saturated carbocycles. The molecule has 1 aliphatic rings. The largest absolute Gasteiger partial charge is 0.434 e. The van der Waals surface area contributed by atoms with Crippen LogP contribution in [0.1, 0.15) is 35.6 Å². The summed E-state index contributed by atoms with van der Waals surface area (Å²) in [7, 11) is 1.80. The quantitative estimate of drug-likeness (QED) is 0.372. The van der Waals surface area contributed by atoms with E-state index in [-0.39, 0.29) is 22.8 Å². The Bertz CT molecular complexity index is 1600. The molecule has 0 spiro atoms. The number of pyridine rings is 1. The van der Waals surface area contributed by atoms with Crippen molar-refractivity contribution in [3.05, 3.63) is 71.2 Å². The van der Waals surface area contributed by atoms with Crippen molar-refractivity contribution in [3.63, 3.8) is 0 Å². The van der Waals surface area contributed by atoms with E-state index in [9.17, 15) is 13.9 Å². The molecule has 0 atom stereocenters. The first kappa shape index (κ1) is 21.5. The molecule has 2 aromatic carbocycles. The molecule has 0 radical (unpaired) electrons. The fourth-order valence-electron chi connectivity index (χ4n) is 4.38. The van der Waals surface area contributed by atoms with Crippen LogP contribution in [0.2, 0.25) is 0 Å². The highest BCUT2D eigenvalue weighted by Gasteiger charge is 2.28. The van der Waals surface area contributed by atoms with Crippen LogP contribution in [-0.2, 0) is 13.7 Å². The number of nitrogens with zero attached hydrogens (tertiary/aromatic N) is 5. The van der Waals surface area contributed by atoms with Crippen LogP contribution in [0.15, 0.2) is 47.1 Å². The maximum absolute atomic E-state index is 14.5. The monoisotopic (exact) mass is 473 g/mol. The molecule has 1 N–H and O–H groups in total. The Morgan fingerprint density at radius 3 is 2.63 bits per heavy atom. The van der Waals surface area contributed by atoms with E-state index in [1.165, 1.54) is 18.2 Å². The molecule has 7 nitrogen and oxygen atoms in total. The highest BCUT2D eigenvalue weighted by atomic mass is 19.1. The molecule has 0 aliphatic heterocycles. The predicted octanol–water partition coefficient (Wildman–Crippen LogP) is 5.31. The van der Waals surface area contributed by atoms with Crippen molar-refractivity contribution >= 4 is 11.1 Å². The van der Waals surface area contributed by atoms with Crippen LogP contribution in [-0.4, -0.2) is 29.8 Å². The van der Waals surface area contributed by atoms with Gasteiger partial charge in [-0.3, -0.25) is 0 Å². The molecule has 5 aromatic rings. The average Bonchev–Trinajstić information content (AvgIpc) is 3.49. The summed E-state index contributed by atoms with van der Waals surface area (Å²) in [5.74, 6) is 0.235. The topological polar surface area (TPSA) is 89.9 Å². The van der Waals surface area contributed by atoms with E-state index in [2.05, 4.69) is 15.2 Å². The fourth-order valence-corrected chi connectivity index (χ4v) is 4.38. The second kappa shape index (κ2) is 8.06. The molecule has 0 saturated heterocycles. The van der Waals surface area contributed by atoms with Gasteiger partial charge in [0.15, 0.2) is 11.4 Å². The maximum Gasteiger partial charge on any atom is 0.246 e. The second-order valence-corrected chi connectivity index (χ2v) is 8.90. The van der Waals surface area contributed by atoms with Gasteiger partial charge in [0.1, 0.15) is 29.2 Å². The first-order chi connectivity index (χ1) is 16.9. The van der Waals surface area contributed by atoms with Gasteiger partial charge in [0.05, 0.1) is 6.61 Å².